The van der Waals surface area contributed by atoms with Crippen LogP contribution in [0.5, 0.6) is 0 Å². The predicted molar refractivity (Wildman–Crippen MR) is 80.8 cm³/mol. The summed E-state index contributed by atoms with van der Waals surface area (Å²) in [5, 5.41) is 10.7. The van der Waals surface area contributed by atoms with E-state index in [1.807, 2.05) is 18.2 Å². The Kier molecular flexibility index (Phi) is 5.96. The zero-order valence-electron chi connectivity index (χ0n) is 11.1. The Morgan fingerprint density at radius 1 is 1.11 bits per heavy atom. The molecule has 0 heterocycles. The van der Waals surface area contributed by atoms with Crippen LogP contribution in [-0.2, 0) is 6.54 Å². The van der Waals surface area contributed by atoms with Crippen molar-refractivity contribution in [3.05, 3.63) is 33.8 Å². The maximum atomic E-state index is 9.28. The summed E-state index contributed by atoms with van der Waals surface area (Å²) in [4.78, 5) is 2.33. The lowest BCUT2D eigenvalue weighted by molar-refractivity contribution is 0.117. The van der Waals surface area contributed by atoms with Crippen LogP contribution in [0.3, 0.4) is 0 Å². The summed E-state index contributed by atoms with van der Waals surface area (Å²) in [5.74, 6) is 0. The van der Waals surface area contributed by atoms with Gasteiger partial charge in [0.1, 0.15) is 0 Å². The molecule has 2 nitrogen and oxygen atoms in total. The van der Waals surface area contributed by atoms with Crippen LogP contribution in [-0.4, -0.2) is 29.2 Å². The zero-order valence-corrected chi connectivity index (χ0v) is 12.6. The number of nitrogens with zero attached hydrogens (tertiary/aromatic N) is 1. The molecule has 1 aliphatic rings. The van der Waals surface area contributed by atoms with Crippen LogP contribution >= 0.6 is 23.2 Å². The number of benzene rings is 1. The maximum Gasteiger partial charge on any atom is 0.0558 e. The zero-order chi connectivity index (χ0) is 13.7. The fourth-order valence-corrected chi connectivity index (χ4v) is 3.37. The first-order chi connectivity index (χ1) is 9.22. The normalized spacial score (nSPS) is 17.1. The molecule has 1 fully saturated rings. The Hall–Kier alpha value is -0.280. The average molecular weight is 302 g/mol. The molecule has 1 N–H and O–H groups in total. The molecule has 1 aromatic carbocycles. The minimum Gasteiger partial charge on any atom is -0.395 e. The third-order valence-corrected chi connectivity index (χ3v) is 4.61. The van der Waals surface area contributed by atoms with Gasteiger partial charge in [0.05, 0.1) is 6.61 Å². The third kappa shape index (κ3) is 4.09. The van der Waals surface area contributed by atoms with Crippen LogP contribution in [0.1, 0.15) is 37.7 Å². The van der Waals surface area contributed by atoms with E-state index in [2.05, 4.69) is 4.90 Å². The van der Waals surface area contributed by atoms with E-state index in [0.717, 1.165) is 12.1 Å². The van der Waals surface area contributed by atoms with Crippen molar-refractivity contribution in [1.29, 1.82) is 0 Å². The summed E-state index contributed by atoms with van der Waals surface area (Å²) in [5.41, 5.74) is 0.977. The van der Waals surface area contributed by atoms with Gasteiger partial charge in [-0.3, -0.25) is 4.90 Å². The average Bonchev–Trinajstić information content (AvgIpc) is 2.43. The van der Waals surface area contributed by atoms with Crippen molar-refractivity contribution < 1.29 is 5.11 Å². The molecule has 0 amide bonds. The van der Waals surface area contributed by atoms with Crippen molar-refractivity contribution in [3.8, 4) is 0 Å². The molecule has 1 saturated carbocycles. The van der Waals surface area contributed by atoms with Gasteiger partial charge in [0.15, 0.2) is 0 Å². The van der Waals surface area contributed by atoms with E-state index in [0.29, 0.717) is 22.6 Å². The van der Waals surface area contributed by atoms with Gasteiger partial charge in [-0.05, 0) is 25.0 Å². The van der Waals surface area contributed by atoms with E-state index in [-0.39, 0.29) is 6.61 Å². The highest BCUT2D eigenvalue weighted by atomic mass is 35.5. The Morgan fingerprint density at radius 3 is 2.32 bits per heavy atom. The van der Waals surface area contributed by atoms with Crippen LogP contribution in [0, 0.1) is 0 Å². The number of aliphatic hydroxyl groups excluding tert-OH is 1. The largest absolute Gasteiger partial charge is 0.395 e. The van der Waals surface area contributed by atoms with Crippen LogP contribution in [0.4, 0.5) is 0 Å². The Balaban J connectivity index is 2.11. The molecule has 0 aromatic heterocycles. The Morgan fingerprint density at radius 2 is 1.74 bits per heavy atom. The second-order valence-electron chi connectivity index (χ2n) is 5.19. The Labute approximate surface area is 125 Å². The molecule has 0 spiro atoms. The Bertz CT molecular complexity index is 385. The van der Waals surface area contributed by atoms with E-state index in [4.69, 9.17) is 23.2 Å². The molecule has 1 aliphatic carbocycles. The van der Waals surface area contributed by atoms with Gasteiger partial charge in [-0.1, -0.05) is 48.5 Å². The summed E-state index contributed by atoms with van der Waals surface area (Å²) < 4.78 is 0. The fraction of sp³-hybridized carbons (Fsp3) is 0.600. The molecule has 1 aromatic rings. The van der Waals surface area contributed by atoms with Gasteiger partial charge >= 0.3 is 0 Å². The van der Waals surface area contributed by atoms with Gasteiger partial charge in [0.2, 0.25) is 0 Å². The van der Waals surface area contributed by atoms with Gasteiger partial charge in [-0.15, -0.1) is 0 Å². The number of hydrogen-bond acceptors (Lipinski definition) is 2. The first-order valence-corrected chi connectivity index (χ1v) is 7.75. The van der Waals surface area contributed by atoms with Gasteiger partial charge < -0.3 is 5.11 Å². The summed E-state index contributed by atoms with van der Waals surface area (Å²) in [7, 11) is 0. The highest BCUT2D eigenvalue weighted by Crippen LogP contribution is 2.29. The molecule has 106 valence electrons. The number of hydrogen-bond donors (Lipinski definition) is 1. The highest BCUT2D eigenvalue weighted by Gasteiger charge is 2.22. The number of rotatable bonds is 5. The summed E-state index contributed by atoms with van der Waals surface area (Å²) in [6.07, 6.45) is 6.31. The molecule has 2 rings (SSSR count). The van der Waals surface area contributed by atoms with E-state index in [1.165, 1.54) is 32.1 Å². The molecule has 0 aliphatic heterocycles. The van der Waals surface area contributed by atoms with Gasteiger partial charge in [0, 0.05) is 34.7 Å². The summed E-state index contributed by atoms with van der Waals surface area (Å²) in [6.45, 7) is 1.59. The molecule has 4 heteroatoms. The molecule has 0 atom stereocenters. The molecular formula is C15H21Cl2NO. The topological polar surface area (TPSA) is 23.5 Å². The van der Waals surface area contributed by atoms with E-state index >= 15 is 0 Å². The van der Waals surface area contributed by atoms with Crippen molar-refractivity contribution in [2.45, 2.75) is 44.7 Å². The van der Waals surface area contributed by atoms with Crippen LogP contribution < -0.4 is 0 Å². The van der Waals surface area contributed by atoms with E-state index in [9.17, 15) is 5.11 Å². The van der Waals surface area contributed by atoms with Crippen molar-refractivity contribution in [2.24, 2.45) is 0 Å². The van der Waals surface area contributed by atoms with Gasteiger partial charge in [0.25, 0.3) is 0 Å². The van der Waals surface area contributed by atoms with E-state index < -0.39 is 0 Å². The van der Waals surface area contributed by atoms with Crippen molar-refractivity contribution in [1.82, 2.24) is 4.90 Å². The monoisotopic (exact) mass is 301 g/mol. The van der Waals surface area contributed by atoms with E-state index in [1.54, 1.807) is 0 Å². The molecule has 0 bridgehead atoms. The van der Waals surface area contributed by atoms with Crippen LogP contribution in [0.25, 0.3) is 0 Å². The second kappa shape index (κ2) is 7.49. The quantitative estimate of drug-likeness (QED) is 0.884. The first-order valence-electron chi connectivity index (χ1n) is 7.00. The van der Waals surface area contributed by atoms with Gasteiger partial charge in [-0.25, -0.2) is 0 Å². The molecule has 0 unspecified atom stereocenters. The van der Waals surface area contributed by atoms with Crippen LogP contribution in [0.15, 0.2) is 18.2 Å². The summed E-state index contributed by atoms with van der Waals surface area (Å²) >= 11 is 12.5. The fourth-order valence-electron chi connectivity index (χ4n) is 2.85. The molecular weight excluding hydrogens is 281 g/mol. The van der Waals surface area contributed by atoms with Gasteiger partial charge in [-0.2, -0.15) is 0 Å². The van der Waals surface area contributed by atoms with Crippen molar-refractivity contribution in [2.75, 3.05) is 13.2 Å². The molecule has 0 saturated heterocycles. The SMILES string of the molecule is OCCN(Cc1c(Cl)cccc1Cl)C1CCCCC1. The minimum atomic E-state index is 0.179. The smallest absolute Gasteiger partial charge is 0.0558 e. The highest BCUT2D eigenvalue weighted by molar-refractivity contribution is 6.35. The number of aliphatic hydroxyl groups is 1. The lowest BCUT2D eigenvalue weighted by Gasteiger charge is -2.34. The lowest BCUT2D eigenvalue weighted by atomic mass is 9.94. The van der Waals surface area contributed by atoms with Crippen LogP contribution in [0.2, 0.25) is 10.0 Å². The van der Waals surface area contributed by atoms with Crippen molar-refractivity contribution >= 4 is 23.2 Å². The first kappa shape index (κ1) is 15.1. The summed E-state index contributed by atoms with van der Waals surface area (Å²) in [6, 6.07) is 6.17. The minimum absolute atomic E-state index is 0.179. The second-order valence-corrected chi connectivity index (χ2v) is 6.00. The predicted octanol–water partition coefficient (Wildman–Crippen LogP) is 4.12. The van der Waals surface area contributed by atoms with Crippen molar-refractivity contribution in [3.63, 3.8) is 0 Å². The third-order valence-electron chi connectivity index (χ3n) is 3.90. The maximum absolute atomic E-state index is 9.28. The molecule has 19 heavy (non-hydrogen) atoms. The standard InChI is InChI=1S/C15H21Cl2NO/c16-14-7-4-8-15(17)13(14)11-18(9-10-19)12-5-2-1-3-6-12/h4,7-8,12,19H,1-3,5-6,9-11H2. The number of halogens is 2. The molecule has 0 radical (unpaired) electrons. The lowest BCUT2D eigenvalue weighted by Crippen LogP contribution is -2.38.